The zero-order valence-electron chi connectivity index (χ0n) is 25.9. The second-order valence-corrected chi connectivity index (χ2v) is 12.6. The number of aliphatic imine (C=N–C) groups is 1. The summed E-state index contributed by atoms with van der Waals surface area (Å²) in [6.07, 6.45) is 3.57. The maximum atomic E-state index is 14.1. The first-order chi connectivity index (χ1) is 23.7. The molecule has 0 N–H and O–H groups in total. The summed E-state index contributed by atoms with van der Waals surface area (Å²) in [5.74, 6) is 6.32. The quantitative estimate of drug-likeness (QED) is 0.227. The first-order valence-electron chi connectivity index (χ1n) is 15.1. The predicted octanol–water partition coefficient (Wildman–Crippen LogP) is 6.03. The molecule has 0 saturated carbocycles. The Labute approximate surface area is 288 Å². The lowest BCUT2D eigenvalue weighted by molar-refractivity contribution is -0.191. The molecule has 3 aliphatic rings. The molecule has 0 spiro atoms. The fraction of sp³-hybridized carbons (Fsp3) is 0.265. The largest absolute Gasteiger partial charge is 0.373 e. The molecule has 0 bridgehead atoms. The molecule has 2 aromatic carbocycles. The van der Waals surface area contributed by atoms with Crippen LogP contribution >= 0.6 is 22.9 Å². The molecule has 2 fully saturated rings. The molecule has 0 unspecified atom stereocenters. The van der Waals surface area contributed by atoms with Gasteiger partial charge in [-0.15, -0.1) is 11.3 Å². The number of urea groups is 1. The highest BCUT2D eigenvalue weighted by atomic mass is 35.5. The Morgan fingerprint density at radius 3 is 2.55 bits per heavy atom. The van der Waals surface area contributed by atoms with Crippen molar-refractivity contribution >= 4 is 46.5 Å². The number of benzene rings is 2. The van der Waals surface area contributed by atoms with E-state index in [0.29, 0.717) is 65.0 Å². The molecular weight excluding hydrogens is 679 g/mol. The van der Waals surface area contributed by atoms with E-state index in [1.807, 2.05) is 46.4 Å². The van der Waals surface area contributed by atoms with Gasteiger partial charge >= 0.3 is 18.7 Å². The fourth-order valence-electron chi connectivity index (χ4n) is 6.10. The summed E-state index contributed by atoms with van der Waals surface area (Å²) in [6, 6.07) is 12.4. The van der Waals surface area contributed by atoms with Crippen LogP contribution in [0.25, 0.3) is 5.57 Å². The van der Waals surface area contributed by atoms with E-state index in [2.05, 4.69) is 21.9 Å². The Kier molecular flexibility index (Phi) is 9.96. The number of halogens is 4. The van der Waals surface area contributed by atoms with Gasteiger partial charge in [-0.1, -0.05) is 47.2 Å². The summed E-state index contributed by atoms with van der Waals surface area (Å²) in [7, 11) is 0. The SMILES string of the molecule is Cc1ccc(C#CCN2CCN([C@H]3CC4=C(c5ccn(C(F)F)n5)[C@H](c5ccc(F)cc5Cl)N=C(c5nccs5)N4C3)C2=O)cc1.O=C=O. The minimum Gasteiger partial charge on any atom is -0.325 e. The molecule has 4 aromatic rings. The van der Waals surface area contributed by atoms with Crippen molar-refractivity contribution in [1.82, 2.24) is 29.5 Å². The van der Waals surface area contributed by atoms with Gasteiger partial charge in [-0.3, -0.25) is 4.99 Å². The predicted molar refractivity (Wildman–Crippen MR) is 175 cm³/mol. The summed E-state index contributed by atoms with van der Waals surface area (Å²) < 4.78 is 42.0. The number of nitrogens with zero attached hydrogens (tertiary/aromatic N) is 7. The van der Waals surface area contributed by atoms with Crippen LogP contribution in [0.1, 0.15) is 46.4 Å². The number of carbonyl (C=O) groups is 1. The Morgan fingerprint density at radius 1 is 1.10 bits per heavy atom. The number of rotatable bonds is 6. The summed E-state index contributed by atoms with van der Waals surface area (Å²) in [6.45, 7) is 0.955. The Bertz CT molecular complexity index is 2020. The van der Waals surface area contributed by atoms with Crippen LogP contribution in [0.2, 0.25) is 5.02 Å². The molecule has 49 heavy (non-hydrogen) atoms. The van der Waals surface area contributed by atoms with E-state index in [9.17, 15) is 18.0 Å². The summed E-state index contributed by atoms with van der Waals surface area (Å²) in [5, 5.41) is 6.84. The Morgan fingerprint density at radius 2 is 1.88 bits per heavy atom. The number of hydrogen-bond acceptors (Lipinski definition) is 8. The lowest BCUT2D eigenvalue weighted by Crippen LogP contribution is -2.42. The molecule has 2 aromatic heterocycles. The monoisotopic (exact) mass is 705 g/mol. The summed E-state index contributed by atoms with van der Waals surface area (Å²) in [4.78, 5) is 45.0. The molecule has 5 heterocycles. The molecule has 7 rings (SSSR count). The third-order valence-corrected chi connectivity index (χ3v) is 9.42. The van der Waals surface area contributed by atoms with Crippen LogP contribution < -0.4 is 0 Å². The fourth-order valence-corrected chi connectivity index (χ4v) is 7.01. The van der Waals surface area contributed by atoms with Crippen LogP contribution in [-0.2, 0) is 9.59 Å². The van der Waals surface area contributed by atoms with E-state index >= 15 is 0 Å². The summed E-state index contributed by atoms with van der Waals surface area (Å²) in [5.41, 5.74) is 4.20. The van der Waals surface area contributed by atoms with Crippen molar-refractivity contribution in [3.8, 4) is 11.8 Å². The second kappa shape index (κ2) is 14.5. The van der Waals surface area contributed by atoms with Crippen molar-refractivity contribution in [1.29, 1.82) is 0 Å². The Balaban J connectivity index is 0.00000134. The first kappa shape index (κ1) is 33.7. The van der Waals surface area contributed by atoms with Gasteiger partial charge in [0.25, 0.3) is 0 Å². The van der Waals surface area contributed by atoms with Crippen molar-refractivity contribution in [3.63, 3.8) is 0 Å². The van der Waals surface area contributed by atoms with E-state index in [0.717, 1.165) is 16.8 Å². The van der Waals surface area contributed by atoms with Gasteiger partial charge in [-0.05, 0) is 37.3 Å². The minimum atomic E-state index is -2.83. The normalized spacial score (nSPS) is 18.5. The number of fused-ring (bicyclic) bond motifs is 1. The van der Waals surface area contributed by atoms with Crippen LogP contribution in [0.3, 0.4) is 0 Å². The molecule has 10 nitrogen and oxygen atoms in total. The van der Waals surface area contributed by atoms with Gasteiger partial charge in [0.2, 0.25) is 0 Å². The second-order valence-electron chi connectivity index (χ2n) is 11.3. The number of hydrogen-bond donors (Lipinski definition) is 0. The van der Waals surface area contributed by atoms with Crippen molar-refractivity contribution in [2.75, 3.05) is 26.2 Å². The molecule has 2 amide bonds. The van der Waals surface area contributed by atoms with E-state index in [1.165, 1.54) is 35.7 Å². The van der Waals surface area contributed by atoms with E-state index < -0.39 is 18.4 Å². The maximum absolute atomic E-state index is 14.1. The number of amides is 2. The van der Waals surface area contributed by atoms with E-state index in [1.54, 1.807) is 17.2 Å². The Hall–Kier alpha value is -5.22. The third-order valence-electron chi connectivity index (χ3n) is 8.33. The third kappa shape index (κ3) is 7.00. The van der Waals surface area contributed by atoms with Crippen molar-refractivity contribution in [2.45, 2.75) is 32.0 Å². The highest BCUT2D eigenvalue weighted by Crippen LogP contribution is 2.47. The van der Waals surface area contributed by atoms with Crippen LogP contribution in [-0.4, -0.2) is 79.7 Å². The smallest absolute Gasteiger partial charge is 0.325 e. The molecule has 0 aliphatic carbocycles. The topological polar surface area (TPSA) is 104 Å². The number of alkyl halides is 2. The van der Waals surface area contributed by atoms with Crippen molar-refractivity contribution in [3.05, 3.63) is 110 Å². The van der Waals surface area contributed by atoms with Crippen LogP contribution in [0.4, 0.5) is 18.0 Å². The lowest BCUT2D eigenvalue weighted by Gasteiger charge is -2.32. The average molecular weight is 706 g/mol. The van der Waals surface area contributed by atoms with Crippen molar-refractivity contribution < 1.29 is 27.6 Å². The zero-order chi connectivity index (χ0) is 34.7. The highest BCUT2D eigenvalue weighted by molar-refractivity contribution is 7.11. The molecule has 0 radical (unpaired) electrons. The van der Waals surface area contributed by atoms with Crippen molar-refractivity contribution in [2.24, 2.45) is 4.99 Å². The highest BCUT2D eigenvalue weighted by Gasteiger charge is 2.45. The van der Waals surface area contributed by atoms with Crippen LogP contribution in [0, 0.1) is 24.6 Å². The molecular formula is C34H27ClF3N7O3S. The van der Waals surface area contributed by atoms with Gasteiger partial charge in [0, 0.05) is 71.2 Å². The number of thiazole rings is 1. The summed E-state index contributed by atoms with van der Waals surface area (Å²) >= 11 is 7.98. The standard InChI is InChI=1S/C33H27ClF3N7OS.CO2/c1-20-4-6-21(7-5-20)3-2-12-41-14-15-42(33(41)45)23-18-27-28(26-10-13-44(40-26)32(36)37)29(24-9-8-22(35)17-25(24)34)39-30(43(27)19-23)31-38-11-16-46-31;2-1-3/h4-11,13,16-17,23,29,32H,12,14-15,18-19H2,1H3;/t23-,29-;/m0./s1. The van der Waals surface area contributed by atoms with Gasteiger partial charge in [0.05, 0.1) is 18.3 Å². The lowest BCUT2D eigenvalue weighted by atomic mass is 9.92. The van der Waals surface area contributed by atoms with Gasteiger partial charge in [-0.2, -0.15) is 23.5 Å². The molecule has 250 valence electrons. The number of aromatic nitrogens is 3. The van der Waals surface area contributed by atoms with Gasteiger partial charge in [-0.25, -0.2) is 18.9 Å². The van der Waals surface area contributed by atoms with Gasteiger partial charge in [0.1, 0.15) is 11.9 Å². The van der Waals surface area contributed by atoms with Crippen LogP contribution in [0.15, 0.2) is 77.0 Å². The molecule has 2 saturated heterocycles. The molecule has 3 aliphatic heterocycles. The van der Waals surface area contributed by atoms with E-state index in [-0.39, 0.29) is 23.2 Å². The van der Waals surface area contributed by atoms with Gasteiger partial charge in [0.15, 0.2) is 10.8 Å². The molecule has 15 heteroatoms. The van der Waals surface area contributed by atoms with E-state index in [4.69, 9.17) is 26.2 Å². The zero-order valence-corrected chi connectivity index (χ0v) is 27.5. The van der Waals surface area contributed by atoms with Gasteiger partial charge < -0.3 is 14.7 Å². The maximum Gasteiger partial charge on any atom is 0.373 e. The minimum absolute atomic E-state index is 0.113. The molecule has 2 atom stereocenters. The average Bonchev–Trinajstić information content (AvgIpc) is 3.89. The number of aryl methyl sites for hydroxylation is 1. The number of amidine groups is 1. The van der Waals surface area contributed by atoms with Crippen LogP contribution in [0.5, 0.6) is 0 Å². The first-order valence-corrected chi connectivity index (χ1v) is 16.3. The number of carbonyl (C=O) groups excluding carboxylic acids is 3.